The lowest BCUT2D eigenvalue weighted by Gasteiger charge is -2.40. The third kappa shape index (κ3) is 5.93. The number of hydrogen-bond acceptors (Lipinski definition) is 8. The first kappa shape index (κ1) is 23.0. The van der Waals surface area contributed by atoms with Crippen LogP contribution in [0.1, 0.15) is 44.2 Å². The fraction of sp³-hybridized carbons (Fsp3) is 0.500. The first-order valence-corrected chi connectivity index (χ1v) is 12.2. The second-order valence-electron chi connectivity index (χ2n) is 8.79. The molecule has 0 unspecified atom stereocenters. The molecule has 0 amide bonds. The lowest BCUT2D eigenvalue weighted by molar-refractivity contribution is 0.00926. The van der Waals surface area contributed by atoms with Crippen molar-refractivity contribution < 1.29 is 13.5 Å². The first-order valence-electron chi connectivity index (χ1n) is 10.3. The Morgan fingerprint density at radius 3 is 2.77 bits per heavy atom. The van der Waals surface area contributed by atoms with Gasteiger partial charge >= 0.3 is 0 Å². The summed E-state index contributed by atoms with van der Waals surface area (Å²) in [5.74, 6) is 0.882. The largest absolute Gasteiger partial charge is 0.393 e. The number of benzene rings is 1. The van der Waals surface area contributed by atoms with Gasteiger partial charge in [0.2, 0.25) is 5.95 Å². The molecule has 31 heavy (non-hydrogen) atoms. The van der Waals surface area contributed by atoms with Crippen LogP contribution in [0.5, 0.6) is 0 Å². The number of aliphatic hydroxyl groups excluding tert-OH is 1. The van der Waals surface area contributed by atoms with E-state index in [1.165, 1.54) is 12.5 Å². The van der Waals surface area contributed by atoms with Crippen LogP contribution >= 0.6 is 0 Å². The van der Waals surface area contributed by atoms with Crippen molar-refractivity contribution in [3.05, 3.63) is 41.6 Å². The van der Waals surface area contributed by atoms with Crippen molar-refractivity contribution in [2.75, 3.05) is 23.4 Å². The number of anilines is 2. The van der Waals surface area contributed by atoms with E-state index in [1.807, 2.05) is 19.9 Å². The fourth-order valence-corrected chi connectivity index (χ4v) is 4.54. The summed E-state index contributed by atoms with van der Waals surface area (Å²) in [7, 11) is -3.24. The molecule has 1 aromatic carbocycles. The molecular weight excluding hydrogens is 414 g/mol. The van der Waals surface area contributed by atoms with Crippen LogP contribution in [0.4, 0.5) is 11.8 Å². The van der Waals surface area contributed by atoms with Gasteiger partial charge in [0, 0.05) is 18.8 Å². The minimum atomic E-state index is -3.24. The van der Waals surface area contributed by atoms with E-state index in [4.69, 9.17) is 0 Å². The highest BCUT2D eigenvalue weighted by Crippen LogP contribution is 2.36. The maximum atomic E-state index is 11.7. The first-order chi connectivity index (χ1) is 14.6. The minimum Gasteiger partial charge on any atom is -0.393 e. The van der Waals surface area contributed by atoms with E-state index in [0.717, 1.165) is 18.4 Å². The Balaban J connectivity index is 1.65. The zero-order valence-corrected chi connectivity index (χ0v) is 18.9. The smallest absolute Gasteiger partial charge is 0.224 e. The average molecular weight is 444 g/mol. The summed E-state index contributed by atoms with van der Waals surface area (Å²) in [5, 5.41) is 26.1. The molecule has 3 rings (SSSR count). The summed E-state index contributed by atoms with van der Waals surface area (Å²) in [4.78, 5) is 8.99. The number of nitrogens with zero attached hydrogens (tertiary/aromatic N) is 3. The van der Waals surface area contributed by atoms with Crippen LogP contribution < -0.4 is 10.6 Å². The molecule has 1 aromatic heterocycles. The normalized spacial score (nSPS) is 20.6. The Hall–Kier alpha value is -2.70. The molecule has 8 nitrogen and oxygen atoms in total. The van der Waals surface area contributed by atoms with Crippen molar-refractivity contribution in [2.45, 2.75) is 56.6 Å². The lowest BCUT2D eigenvalue weighted by Crippen LogP contribution is -2.41. The van der Waals surface area contributed by atoms with Crippen LogP contribution in [-0.2, 0) is 16.3 Å². The standard InChI is InChI=1S/C22H29N5O3S/c1-22(2)12-17(7-8-19(22)28)26-20-16(13-23)14-25-21(27-20)24-10-9-15-5-4-6-18(11-15)31(3,29)30/h4-6,11,14,17,19,28H,7-10,12H2,1-3H3,(H2,24,25,26,27)/t17-,19+/m1/s1. The Morgan fingerprint density at radius 1 is 1.32 bits per heavy atom. The SMILES string of the molecule is CC1(C)C[C@H](Nc2nc(NCCc3cccc(S(C)(=O)=O)c3)ncc2C#N)CC[C@@H]1O. The molecule has 9 heteroatoms. The van der Waals surface area contributed by atoms with Crippen molar-refractivity contribution in [3.8, 4) is 6.07 Å². The van der Waals surface area contributed by atoms with Crippen LogP contribution in [0.2, 0.25) is 0 Å². The summed E-state index contributed by atoms with van der Waals surface area (Å²) in [5.41, 5.74) is 1.07. The molecule has 0 aliphatic heterocycles. The number of nitriles is 1. The molecule has 1 fully saturated rings. The highest BCUT2D eigenvalue weighted by atomic mass is 32.2. The van der Waals surface area contributed by atoms with Gasteiger partial charge in [0.1, 0.15) is 17.5 Å². The van der Waals surface area contributed by atoms with Gasteiger partial charge in [0.15, 0.2) is 9.84 Å². The average Bonchev–Trinajstić information content (AvgIpc) is 2.70. The Bertz CT molecular complexity index is 1080. The zero-order valence-electron chi connectivity index (χ0n) is 18.1. The van der Waals surface area contributed by atoms with Crippen LogP contribution in [-0.4, -0.2) is 48.4 Å². The summed E-state index contributed by atoms with van der Waals surface area (Å²) in [6.45, 7) is 4.60. The number of sulfone groups is 1. The molecule has 0 radical (unpaired) electrons. The number of aliphatic hydroxyl groups is 1. The molecule has 3 N–H and O–H groups in total. The van der Waals surface area contributed by atoms with Gasteiger partial charge in [-0.25, -0.2) is 13.4 Å². The van der Waals surface area contributed by atoms with Crippen molar-refractivity contribution in [1.82, 2.24) is 9.97 Å². The topological polar surface area (TPSA) is 128 Å². The van der Waals surface area contributed by atoms with Crippen molar-refractivity contribution in [3.63, 3.8) is 0 Å². The van der Waals surface area contributed by atoms with Gasteiger partial charge in [0.05, 0.1) is 17.2 Å². The number of aromatic nitrogens is 2. The Kier molecular flexibility index (Phi) is 6.82. The highest BCUT2D eigenvalue weighted by Gasteiger charge is 2.35. The van der Waals surface area contributed by atoms with Crippen LogP contribution in [0.15, 0.2) is 35.4 Å². The molecule has 1 saturated carbocycles. The summed E-state index contributed by atoms with van der Waals surface area (Å²) in [6.07, 6.45) is 5.24. The van der Waals surface area contributed by atoms with E-state index >= 15 is 0 Å². The fourth-order valence-electron chi connectivity index (χ4n) is 3.85. The van der Waals surface area contributed by atoms with Crippen molar-refractivity contribution >= 4 is 21.6 Å². The third-order valence-corrected chi connectivity index (χ3v) is 6.85. The van der Waals surface area contributed by atoms with E-state index in [1.54, 1.807) is 18.2 Å². The molecule has 0 saturated heterocycles. The van der Waals surface area contributed by atoms with E-state index in [2.05, 4.69) is 26.7 Å². The van der Waals surface area contributed by atoms with Crippen LogP contribution in [0.25, 0.3) is 0 Å². The van der Waals surface area contributed by atoms with E-state index in [0.29, 0.717) is 41.6 Å². The molecule has 1 aliphatic rings. The molecule has 2 atom stereocenters. The van der Waals surface area contributed by atoms with Gasteiger partial charge < -0.3 is 15.7 Å². The summed E-state index contributed by atoms with van der Waals surface area (Å²) in [6, 6.07) is 9.10. The predicted molar refractivity (Wildman–Crippen MR) is 120 cm³/mol. The molecular formula is C22H29N5O3S. The second kappa shape index (κ2) is 9.20. The molecule has 2 aromatic rings. The van der Waals surface area contributed by atoms with Gasteiger partial charge in [-0.3, -0.25) is 0 Å². The van der Waals surface area contributed by atoms with Gasteiger partial charge in [0.25, 0.3) is 0 Å². The third-order valence-electron chi connectivity index (χ3n) is 5.74. The molecule has 1 heterocycles. The molecule has 166 valence electrons. The second-order valence-corrected chi connectivity index (χ2v) is 10.8. The Labute approximate surface area is 183 Å². The highest BCUT2D eigenvalue weighted by molar-refractivity contribution is 7.90. The summed E-state index contributed by atoms with van der Waals surface area (Å²) >= 11 is 0. The quantitative estimate of drug-likeness (QED) is 0.596. The maximum Gasteiger partial charge on any atom is 0.224 e. The molecule has 1 aliphatic carbocycles. The van der Waals surface area contributed by atoms with Crippen LogP contribution in [0, 0.1) is 16.7 Å². The van der Waals surface area contributed by atoms with Crippen LogP contribution in [0.3, 0.4) is 0 Å². The number of rotatable bonds is 7. The predicted octanol–water partition coefficient (Wildman–Crippen LogP) is 2.76. The summed E-state index contributed by atoms with van der Waals surface area (Å²) < 4.78 is 23.4. The van der Waals surface area contributed by atoms with Crippen molar-refractivity contribution in [1.29, 1.82) is 5.26 Å². The lowest BCUT2D eigenvalue weighted by atomic mass is 9.73. The maximum absolute atomic E-state index is 11.7. The van der Waals surface area contributed by atoms with E-state index < -0.39 is 9.84 Å². The van der Waals surface area contributed by atoms with Gasteiger partial charge in [-0.05, 0) is 48.8 Å². The van der Waals surface area contributed by atoms with E-state index in [9.17, 15) is 18.8 Å². The minimum absolute atomic E-state index is 0.118. The van der Waals surface area contributed by atoms with Crippen molar-refractivity contribution in [2.24, 2.45) is 5.41 Å². The Morgan fingerprint density at radius 2 is 2.10 bits per heavy atom. The monoisotopic (exact) mass is 443 g/mol. The number of nitrogens with one attached hydrogen (secondary N) is 2. The molecule has 0 spiro atoms. The molecule has 0 bridgehead atoms. The van der Waals surface area contributed by atoms with E-state index in [-0.39, 0.29) is 17.6 Å². The number of hydrogen-bond donors (Lipinski definition) is 3. The van der Waals surface area contributed by atoms with Gasteiger partial charge in [-0.2, -0.15) is 10.2 Å². The van der Waals surface area contributed by atoms with Gasteiger partial charge in [-0.1, -0.05) is 26.0 Å². The van der Waals surface area contributed by atoms with Gasteiger partial charge in [-0.15, -0.1) is 0 Å². The zero-order chi connectivity index (χ0) is 22.6.